The Balaban J connectivity index is 3.14. The summed E-state index contributed by atoms with van der Waals surface area (Å²) in [6.45, 7) is 1.22. The summed E-state index contributed by atoms with van der Waals surface area (Å²) in [5, 5.41) is 0. The molecule has 1 aromatic carbocycles. The molecule has 0 aromatic heterocycles. The molecule has 4 nitrogen and oxygen atoms in total. The molecule has 0 aliphatic rings. The molecule has 0 amide bonds. The molecular formula is C16H19F5O4. The van der Waals surface area contributed by atoms with Crippen molar-refractivity contribution in [3.05, 3.63) is 35.4 Å². The molecule has 0 saturated carbocycles. The Morgan fingerprint density at radius 1 is 1.20 bits per heavy atom. The smallest absolute Gasteiger partial charge is 0.453 e. The van der Waals surface area contributed by atoms with E-state index < -0.39 is 30.4 Å². The molecule has 0 aliphatic heterocycles. The second-order valence-corrected chi connectivity index (χ2v) is 5.18. The summed E-state index contributed by atoms with van der Waals surface area (Å²) in [7, 11) is 1.38. The van der Waals surface area contributed by atoms with Crippen LogP contribution < -0.4 is 0 Å². The van der Waals surface area contributed by atoms with Gasteiger partial charge in [0.2, 0.25) is 0 Å². The zero-order valence-electron chi connectivity index (χ0n) is 13.7. The first-order chi connectivity index (χ1) is 11.6. The maximum Gasteiger partial charge on any atom is 0.453 e. The van der Waals surface area contributed by atoms with Crippen LogP contribution in [0.5, 0.6) is 0 Å². The Morgan fingerprint density at radius 3 is 2.44 bits per heavy atom. The van der Waals surface area contributed by atoms with Crippen molar-refractivity contribution in [2.24, 2.45) is 0 Å². The first kappa shape index (κ1) is 21.3. The van der Waals surface area contributed by atoms with Gasteiger partial charge in [-0.3, -0.25) is 4.79 Å². The molecule has 0 fully saturated rings. The predicted octanol–water partition coefficient (Wildman–Crippen LogP) is 4.04. The van der Waals surface area contributed by atoms with E-state index in [1.807, 2.05) is 0 Å². The topological polar surface area (TPSA) is 44.8 Å². The van der Waals surface area contributed by atoms with Gasteiger partial charge in [-0.1, -0.05) is 24.3 Å². The van der Waals surface area contributed by atoms with Crippen LogP contribution in [0.3, 0.4) is 0 Å². The number of halogens is 5. The number of esters is 1. The van der Waals surface area contributed by atoms with Gasteiger partial charge in [0.25, 0.3) is 0 Å². The largest absolute Gasteiger partial charge is 0.466 e. The Kier molecular flexibility index (Phi) is 7.75. The summed E-state index contributed by atoms with van der Waals surface area (Å²) >= 11 is 0. The number of benzene rings is 1. The Labute approximate surface area is 141 Å². The van der Waals surface area contributed by atoms with E-state index in [4.69, 9.17) is 4.74 Å². The second kappa shape index (κ2) is 9.10. The number of carbonyl (C=O) groups excluding carboxylic acids is 1. The lowest BCUT2D eigenvalue weighted by molar-refractivity contribution is -0.291. The molecule has 1 aromatic rings. The summed E-state index contributed by atoms with van der Waals surface area (Å²) in [5.74, 6) is -8.61. The van der Waals surface area contributed by atoms with E-state index in [9.17, 15) is 26.7 Å². The highest BCUT2D eigenvalue weighted by molar-refractivity contribution is 5.70. The van der Waals surface area contributed by atoms with Crippen LogP contribution in [-0.4, -0.2) is 38.6 Å². The van der Waals surface area contributed by atoms with E-state index in [1.54, 1.807) is 0 Å². The Morgan fingerprint density at radius 2 is 1.88 bits per heavy atom. The van der Waals surface area contributed by atoms with Crippen molar-refractivity contribution in [2.45, 2.75) is 38.0 Å². The predicted molar refractivity (Wildman–Crippen MR) is 78.1 cm³/mol. The molecule has 0 spiro atoms. The van der Waals surface area contributed by atoms with Gasteiger partial charge in [0, 0.05) is 7.11 Å². The molecule has 0 aliphatic carbocycles. The van der Waals surface area contributed by atoms with Gasteiger partial charge in [0.1, 0.15) is 6.79 Å². The molecule has 9 heteroatoms. The first-order valence-electron chi connectivity index (χ1n) is 7.39. The third kappa shape index (κ3) is 5.93. The normalized spacial score (nSPS) is 13.6. The van der Waals surface area contributed by atoms with Crippen molar-refractivity contribution in [1.29, 1.82) is 0 Å². The average Bonchev–Trinajstić information content (AvgIpc) is 2.52. The summed E-state index contributed by atoms with van der Waals surface area (Å²) in [6.07, 6.45) is -6.89. The van der Waals surface area contributed by atoms with Gasteiger partial charge in [0.05, 0.1) is 25.6 Å². The van der Waals surface area contributed by atoms with E-state index in [-0.39, 0.29) is 25.6 Å². The minimum Gasteiger partial charge on any atom is -0.466 e. The molecule has 0 N–H and O–H groups in total. The standard InChI is InChI=1S/C16H19F5O4/c1-3-25-14(22)8-13(15(17,18)16(19,20)21)12-6-4-5-11(7-12)9-24-10-23-2/h4-7,13H,3,8-10H2,1-2H3. The Bertz CT molecular complexity index is 560. The van der Waals surface area contributed by atoms with Crippen molar-refractivity contribution in [3.63, 3.8) is 0 Å². The summed E-state index contributed by atoms with van der Waals surface area (Å²) in [5.41, 5.74) is 0.0512. The van der Waals surface area contributed by atoms with Crippen LogP contribution in [0, 0.1) is 0 Å². The molecule has 142 valence electrons. The molecular weight excluding hydrogens is 351 g/mol. The van der Waals surface area contributed by atoms with E-state index in [0.717, 1.165) is 12.1 Å². The maximum atomic E-state index is 13.9. The minimum atomic E-state index is -5.80. The molecule has 25 heavy (non-hydrogen) atoms. The van der Waals surface area contributed by atoms with Gasteiger partial charge >= 0.3 is 18.1 Å². The molecule has 0 radical (unpaired) electrons. The Hall–Kier alpha value is -1.74. The van der Waals surface area contributed by atoms with E-state index >= 15 is 0 Å². The summed E-state index contributed by atoms with van der Waals surface area (Å²) in [4.78, 5) is 11.5. The lowest BCUT2D eigenvalue weighted by Gasteiger charge is -2.28. The monoisotopic (exact) mass is 370 g/mol. The van der Waals surface area contributed by atoms with E-state index in [2.05, 4.69) is 9.47 Å². The third-order valence-corrected chi connectivity index (χ3v) is 3.32. The van der Waals surface area contributed by atoms with Crippen molar-refractivity contribution in [3.8, 4) is 0 Å². The third-order valence-electron chi connectivity index (χ3n) is 3.32. The van der Waals surface area contributed by atoms with Gasteiger partial charge in [-0.15, -0.1) is 0 Å². The van der Waals surface area contributed by atoms with Gasteiger partial charge in [0.15, 0.2) is 0 Å². The van der Waals surface area contributed by atoms with Crippen LogP contribution >= 0.6 is 0 Å². The van der Waals surface area contributed by atoms with Gasteiger partial charge in [-0.2, -0.15) is 22.0 Å². The van der Waals surface area contributed by atoms with Gasteiger partial charge < -0.3 is 14.2 Å². The molecule has 1 unspecified atom stereocenters. The highest BCUT2D eigenvalue weighted by atomic mass is 19.4. The average molecular weight is 370 g/mol. The highest BCUT2D eigenvalue weighted by Gasteiger charge is 2.62. The number of alkyl halides is 5. The van der Waals surface area contributed by atoms with Crippen LogP contribution in [0.4, 0.5) is 22.0 Å². The number of carbonyl (C=O) groups is 1. The fraction of sp³-hybridized carbons (Fsp3) is 0.562. The van der Waals surface area contributed by atoms with E-state index in [0.29, 0.717) is 5.56 Å². The van der Waals surface area contributed by atoms with E-state index in [1.165, 1.54) is 26.2 Å². The zero-order chi connectivity index (χ0) is 19.1. The SMILES string of the molecule is CCOC(=O)CC(c1cccc(COCOC)c1)C(F)(F)C(F)(F)F. The highest BCUT2D eigenvalue weighted by Crippen LogP contribution is 2.47. The lowest BCUT2D eigenvalue weighted by Crippen LogP contribution is -2.43. The van der Waals surface area contributed by atoms with Crippen LogP contribution in [0.25, 0.3) is 0 Å². The van der Waals surface area contributed by atoms with Crippen LogP contribution in [0.2, 0.25) is 0 Å². The molecule has 0 saturated heterocycles. The maximum absolute atomic E-state index is 13.9. The quantitative estimate of drug-likeness (QED) is 0.285. The van der Waals surface area contributed by atoms with Crippen molar-refractivity contribution in [1.82, 2.24) is 0 Å². The fourth-order valence-electron chi connectivity index (χ4n) is 2.18. The first-order valence-corrected chi connectivity index (χ1v) is 7.39. The number of hydrogen-bond donors (Lipinski definition) is 0. The summed E-state index contributed by atoms with van der Waals surface area (Å²) < 4.78 is 80.6. The van der Waals surface area contributed by atoms with Crippen molar-refractivity contribution >= 4 is 5.97 Å². The zero-order valence-corrected chi connectivity index (χ0v) is 13.7. The van der Waals surface area contributed by atoms with Crippen LogP contribution in [0.15, 0.2) is 24.3 Å². The van der Waals surface area contributed by atoms with Gasteiger partial charge in [-0.05, 0) is 18.1 Å². The van der Waals surface area contributed by atoms with Crippen molar-refractivity contribution < 1.29 is 41.0 Å². The number of methoxy groups -OCH3 is 1. The lowest BCUT2D eigenvalue weighted by atomic mass is 9.88. The molecule has 0 heterocycles. The number of ether oxygens (including phenoxy) is 3. The number of hydrogen-bond acceptors (Lipinski definition) is 4. The van der Waals surface area contributed by atoms with Crippen LogP contribution in [-0.2, 0) is 25.6 Å². The second-order valence-electron chi connectivity index (χ2n) is 5.18. The number of rotatable bonds is 9. The summed E-state index contributed by atoms with van der Waals surface area (Å²) in [6, 6.07) is 5.10. The molecule has 0 bridgehead atoms. The van der Waals surface area contributed by atoms with Crippen molar-refractivity contribution in [2.75, 3.05) is 20.5 Å². The molecule has 1 rings (SSSR count). The van der Waals surface area contributed by atoms with Gasteiger partial charge in [-0.25, -0.2) is 0 Å². The van der Waals surface area contributed by atoms with Crippen LogP contribution in [0.1, 0.15) is 30.4 Å². The molecule has 1 atom stereocenters. The fourth-order valence-corrected chi connectivity index (χ4v) is 2.18. The minimum absolute atomic E-state index is 0.0363.